The number of aromatic nitrogens is 6. The second kappa shape index (κ2) is 10.4. The van der Waals surface area contributed by atoms with E-state index in [0.29, 0.717) is 24.3 Å². The molecule has 0 amide bonds. The van der Waals surface area contributed by atoms with Gasteiger partial charge in [0.05, 0.1) is 10.9 Å². The van der Waals surface area contributed by atoms with Crippen LogP contribution in [-0.2, 0) is 26.0 Å². The number of benzene rings is 2. The van der Waals surface area contributed by atoms with Crippen molar-refractivity contribution in [2.24, 2.45) is 7.05 Å². The molecule has 35 heavy (non-hydrogen) atoms. The Morgan fingerprint density at radius 2 is 1.86 bits per heavy atom. The maximum absolute atomic E-state index is 13.2. The second-order valence-corrected chi connectivity index (χ2v) is 9.42. The number of nitrogens with zero attached hydrogens (tertiary/aromatic N) is 6. The van der Waals surface area contributed by atoms with E-state index < -0.39 is 0 Å². The molecule has 0 aliphatic heterocycles. The van der Waals surface area contributed by atoms with Gasteiger partial charge in [0.1, 0.15) is 18.2 Å². The number of hydrogen-bond acceptors (Lipinski definition) is 6. The lowest BCUT2D eigenvalue weighted by Gasteiger charge is -2.11. The van der Waals surface area contributed by atoms with Crippen LogP contribution in [-0.4, -0.2) is 28.7 Å². The molecule has 0 N–H and O–H groups in total. The van der Waals surface area contributed by atoms with Gasteiger partial charge in [0, 0.05) is 31.7 Å². The van der Waals surface area contributed by atoms with Gasteiger partial charge >= 0.3 is 0 Å². The van der Waals surface area contributed by atoms with E-state index in [4.69, 9.17) is 4.74 Å². The van der Waals surface area contributed by atoms with E-state index in [2.05, 4.69) is 34.2 Å². The van der Waals surface area contributed by atoms with Gasteiger partial charge in [-0.15, -0.1) is 10.2 Å². The van der Waals surface area contributed by atoms with E-state index in [1.165, 1.54) is 0 Å². The molecule has 5 rings (SSSR count). The summed E-state index contributed by atoms with van der Waals surface area (Å²) in [4.78, 5) is 17.4. The highest BCUT2D eigenvalue weighted by Gasteiger charge is 2.16. The fourth-order valence-electron chi connectivity index (χ4n) is 4.06. The molecule has 180 valence electrons. The normalized spacial score (nSPS) is 11.5. The van der Waals surface area contributed by atoms with Crippen LogP contribution in [0, 0.1) is 0 Å². The predicted molar refractivity (Wildman–Crippen MR) is 138 cm³/mol. The van der Waals surface area contributed by atoms with Crippen LogP contribution < -0.4 is 10.3 Å². The molecule has 0 saturated heterocycles. The number of ether oxygens (including phenoxy) is 1. The van der Waals surface area contributed by atoms with Crippen molar-refractivity contribution in [2.45, 2.75) is 50.2 Å². The summed E-state index contributed by atoms with van der Waals surface area (Å²) in [5.74, 6) is 3.01. The van der Waals surface area contributed by atoms with Gasteiger partial charge in [0.2, 0.25) is 5.78 Å². The summed E-state index contributed by atoms with van der Waals surface area (Å²) in [5, 5.41) is 10.3. The number of unbranched alkanes of at least 4 members (excludes halogenated alkanes) is 2. The van der Waals surface area contributed by atoms with Crippen molar-refractivity contribution in [2.75, 3.05) is 0 Å². The summed E-state index contributed by atoms with van der Waals surface area (Å²) < 4.78 is 11.6. The molecule has 0 saturated carbocycles. The quantitative estimate of drug-likeness (QED) is 0.207. The molecule has 5 aromatic rings. The third kappa shape index (κ3) is 4.81. The molecule has 0 spiro atoms. The van der Waals surface area contributed by atoms with E-state index in [0.717, 1.165) is 52.8 Å². The molecule has 2 aromatic carbocycles. The minimum Gasteiger partial charge on any atom is -0.486 e. The fourth-order valence-corrected chi connectivity index (χ4v) is 4.96. The van der Waals surface area contributed by atoms with Crippen LogP contribution in [0.2, 0.25) is 0 Å². The van der Waals surface area contributed by atoms with Crippen LogP contribution in [0.25, 0.3) is 16.7 Å². The Morgan fingerprint density at radius 3 is 2.63 bits per heavy atom. The Morgan fingerprint density at radius 1 is 1.03 bits per heavy atom. The summed E-state index contributed by atoms with van der Waals surface area (Å²) in [6.07, 6.45) is 6.78. The fraction of sp³-hybridized carbons (Fsp3) is 0.308. The van der Waals surface area contributed by atoms with Gasteiger partial charge in [-0.3, -0.25) is 13.8 Å². The molecular formula is C26H28N6O2S. The Balaban J connectivity index is 1.36. The number of thioether (sulfide) groups is 1. The van der Waals surface area contributed by atoms with E-state index in [-0.39, 0.29) is 5.56 Å². The van der Waals surface area contributed by atoms with Crippen molar-refractivity contribution in [1.29, 1.82) is 0 Å². The molecule has 0 aliphatic rings. The summed E-state index contributed by atoms with van der Waals surface area (Å²) in [6.45, 7) is 3.23. The van der Waals surface area contributed by atoms with E-state index in [1.807, 2.05) is 58.6 Å². The Bertz CT molecular complexity index is 1500. The first kappa shape index (κ1) is 23.2. The first-order chi connectivity index (χ1) is 17.2. The van der Waals surface area contributed by atoms with Crippen molar-refractivity contribution in [3.05, 3.63) is 82.7 Å². The minimum atomic E-state index is -0.00529. The van der Waals surface area contributed by atoms with Crippen molar-refractivity contribution in [3.8, 4) is 5.75 Å². The number of fused-ring (bicyclic) bond motifs is 3. The van der Waals surface area contributed by atoms with Gasteiger partial charge in [0.25, 0.3) is 5.56 Å². The summed E-state index contributed by atoms with van der Waals surface area (Å²) in [5.41, 5.74) is 1.98. The highest BCUT2D eigenvalue weighted by atomic mass is 32.2. The lowest BCUT2D eigenvalue weighted by molar-refractivity contribution is 0.292. The lowest BCUT2D eigenvalue weighted by Crippen LogP contribution is -2.23. The molecule has 8 nitrogen and oxygen atoms in total. The zero-order valence-corrected chi connectivity index (χ0v) is 20.7. The average molecular weight is 489 g/mol. The number of aryl methyl sites for hydroxylation is 2. The number of rotatable bonds is 10. The standard InChI is InChI=1S/C26H28N6O2S/c1-3-4-7-15-31-24(33)21-8-5-6-9-22(21)32-25(31)28-29-26(32)35-18-19-10-12-20(13-11-19)34-17-23-27-14-16-30(23)2/h5-6,8-14,16H,3-4,7,15,17-18H2,1-2H3. The maximum atomic E-state index is 13.2. The van der Waals surface area contributed by atoms with E-state index in [1.54, 1.807) is 22.5 Å². The zero-order chi connectivity index (χ0) is 24.2. The van der Waals surface area contributed by atoms with Crippen molar-refractivity contribution >= 4 is 28.4 Å². The second-order valence-electron chi connectivity index (χ2n) is 8.47. The molecule has 3 heterocycles. The highest BCUT2D eigenvalue weighted by Crippen LogP contribution is 2.26. The van der Waals surface area contributed by atoms with Gasteiger partial charge in [-0.2, -0.15) is 0 Å². The molecule has 0 atom stereocenters. The monoisotopic (exact) mass is 488 g/mol. The number of imidazole rings is 1. The lowest BCUT2D eigenvalue weighted by atomic mass is 10.2. The largest absolute Gasteiger partial charge is 0.486 e. The van der Waals surface area contributed by atoms with Crippen molar-refractivity contribution in [1.82, 2.24) is 28.7 Å². The van der Waals surface area contributed by atoms with Gasteiger partial charge in [-0.05, 0) is 36.2 Å². The zero-order valence-electron chi connectivity index (χ0n) is 19.9. The van der Waals surface area contributed by atoms with Gasteiger partial charge in [0.15, 0.2) is 5.16 Å². The summed E-state index contributed by atoms with van der Waals surface area (Å²) in [7, 11) is 1.95. The average Bonchev–Trinajstić information content (AvgIpc) is 3.50. The van der Waals surface area contributed by atoms with Crippen molar-refractivity contribution < 1.29 is 4.74 Å². The topological polar surface area (TPSA) is 79.2 Å². The summed E-state index contributed by atoms with van der Waals surface area (Å²) in [6, 6.07) is 15.8. The van der Waals surface area contributed by atoms with Crippen LogP contribution in [0.3, 0.4) is 0 Å². The molecule has 0 bridgehead atoms. The first-order valence-electron chi connectivity index (χ1n) is 11.8. The van der Waals surface area contributed by atoms with E-state index in [9.17, 15) is 4.79 Å². The van der Waals surface area contributed by atoms with Gasteiger partial charge in [-0.25, -0.2) is 4.98 Å². The smallest absolute Gasteiger partial charge is 0.262 e. The first-order valence-corrected chi connectivity index (χ1v) is 12.8. The molecule has 0 unspecified atom stereocenters. The van der Waals surface area contributed by atoms with Gasteiger partial charge in [-0.1, -0.05) is 55.8 Å². The molecule has 0 fully saturated rings. The van der Waals surface area contributed by atoms with Crippen molar-refractivity contribution in [3.63, 3.8) is 0 Å². The molecule has 0 aliphatic carbocycles. The summed E-state index contributed by atoms with van der Waals surface area (Å²) >= 11 is 1.61. The molecular weight excluding hydrogens is 460 g/mol. The third-order valence-corrected chi connectivity index (χ3v) is 7.04. The van der Waals surface area contributed by atoms with Crippen LogP contribution in [0.1, 0.15) is 37.6 Å². The van der Waals surface area contributed by atoms with Crippen LogP contribution >= 0.6 is 11.8 Å². The molecule has 0 radical (unpaired) electrons. The Labute approximate surface area is 207 Å². The highest BCUT2D eigenvalue weighted by molar-refractivity contribution is 7.98. The molecule has 9 heteroatoms. The maximum Gasteiger partial charge on any atom is 0.262 e. The minimum absolute atomic E-state index is 0.00529. The van der Waals surface area contributed by atoms with E-state index >= 15 is 0 Å². The Kier molecular flexibility index (Phi) is 6.85. The Hall–Kier alpha value is -3.59. The molecule has 3 aromatic heterocycles. The number of hydrogen-bond donors (Lipinski definition) is 0. The van der Waals surface area contributed by atoms with Crippen LogP contribution in [0.5, 0.6) is 5.75 Å². The van der Waals surface area contributed by atoms with Crippen LogP contribution in [0.15, 0.2) is 70.9 Å². The predicted octanol–water partition coefficient (Wildman–Crippen LogP) is 4.84. The van der Waals surface area contributed by atoms with Gasteiger partial charge < -0.3 is 9.30 Å². The number of para-hydroxylation sites is 1. The third-order valence-electron chi connectivity index (χ3n) is 6.04. The van der Waals surface area contributed by atoms with Crippen LogP contribution in [0.4, 0.5) is 0 Å². The SMILES string of the molecule is CCCCCn1c(=O)c2ccccc2n2c(SCc3ccc(OCc4nccn4C)cc3)nnc12.